The van der Waals surface area contributed by atoms with E-state index in [-0.39, 0.29) is 17.9 Å². The highest BCUT2D eigenvalue weighted by molar-refractivity contribution is 6.46. The number of nitrogens with zero attached hydrogens (tertiary/aromatic N) is 2. The number of carbonyl (C=O) groups is 2. The van der Waals surface area contributed by atoms with Gasteiger partial charge in [-0.15, -0.1) is 0 Å². The van der Waals surface area contributed by atoms with E-state index in [1.807, 2.05) is 30.3 Å². The molecular formula is C27H23ClN2O3. The molecule has 0 saturated carbocycles. The summed E-state index contributed by atoms with van der Waals surface area (Å²) in [7, 11) is 0. The molecule has 1 fully saturated rings. The van der Waals surface area contributed by atoms with Gasteiger partial charge in [-0.2, -0.15) is 0 Å². The van der Waals surface area contributed by atoms with Gasteiger partial charge in [0.2, 0.25) is 0 Å². The van der Waals surface area contributed by atoms with E-state index in [9.17, 15) is 14.7 Å². The molecule has 1 aliphatic heterocycles. The van der Waals surface area contributed by atoms with E-state index in [4.69, 9.17) is 11.6 Å². The first-order valence-electron chi connectivity index (χ1n) is 11.1. The Hall–Kier alpha value is -3.44. The minimum absolute atomic E-state index is 0.104. The van der Waals surface area contributed by atoms with Gasteiger partial charge in [-0.1, -0.05) is 35.9 Å². The van der Waals surface area contributed by atoms with Crippen LogP contribution < -0.4 is 0 Å². The maximum atomic E-state index is 13.2. The Morgan fingerprint density at radius 3 is 2.39 bits per heavy atom. The molecule has 2 heterocycles. The highest BCUT2D eigenvalue weighted by Gasteiger charge is 2.46. The first kappa shape index (κ1) is 21.4. The third-order valence-corrected chi connectivity index (χ3v) is 6.70. The maximum Gasteiger partial charge on any atom is 0.295 e. The van der Waals surface area contributed by atoms with Crippen LogP contribution in [0, 0.1) is 0 Å². The Morgan fingerprint density at radius 2 is 1.67 bits per heavy atom. The number of halogens is 1. The zero-order valence-corrected chi connectivity index (χ0v) is 18.8. The number of aliphatic hydroxyl groups excluding tert-OH is 1. The van der Waals surface area contributed by atoms with E-state index in [1.165, 1.54) is 16.0 Å². The molecule has 6 heteroatoms. The van der Waals surface area contributed by atoms with E-state index in [0.29, 0.717) is 16.1 Å². The predicted molar refractivity (Wildman–Crippen MR) is 127 cm³/mol. The highest BCUT2D eigenvalue weighted by atomic mass is 35.5. The van der Waals surface area contributed by atoms with Crippen molar-refractivity contribution in [3.8, 4) is 0 Å². The summed E-state index contributed by atoms with van der Waals surface area (Å²) < 4.78 is 0. The van der Waals surface area contributed by atoms with Gasteiger partial charge in [-0.25, -0.2) is 0 Å². The summed E-state index contributed by atoms with van der Waals surface area (Å²) in [5.41, 5.74) is 4.71. The molecule has 1 unspecified atom stereocenters. The number of rotatable bonds is 4. The van der Waals surface area contributed by atoms with Crippen molar-refractivity contribution in [2.24, 2.45) is 0 Å². The normalized spacial score (nSPS) is 19.5. The van der Waals surface area contributed by atoms with Gasteiger partial charge in [0.1, 0.15) is 5.76 Å². The Morgan fingerprint density at radius 1 is 0.970 bits per heavy atom. The second-order valence-electron chi connectivity index (χ2n) is 8.52. The molecule has 0 radical (unpaired) electrons. The summed E-state index contributed by atoms with van der Waals surface area (Å²) in [6, 6.07) is 15.7. The molecule has 1 aliphatic carbocycles. The molecule has 1 amide bonds. The van der Waals surface area contributed by atoms with E-state index in [2.05, 4.69) is 4.98 Å². The van der Waals surface area contributed by atoms with Crippen molar-refractivity contribution in [2.75, 3.05) is 0 Å². The maximum absolute atomic E-state index is 13.2. The number of amides is 1. The lowest BCUT2D eigenvalue weighted by Gasteiger charge is -2.25. The van der Waals surface area contributed by atoms with E-state index in [0.717, 1.165) is 31.2 Å². The van der Waals surface area contributed by atoms with E-state index >= 15 is 0 Å². The van der Waals surface area contributed by atoms with Crippen molar-refractivity contribution in [1.29, 1.82) is 0 Å². The number of Topliss-reactive ketones (excluding diaryl/α,β-unsaturated/α-hetero) is 1. The van der Waals surface area contributed by atoms with Gasteiger partial charge in [-0.05, 0) is 78.3 Å². The zero-order valence-electron chi connectivity index (χ0n) is 18.0. The lowest BCUT2D eigenvalue weighted by Crippen LogP contribution is -2.29. The molecule has 33 heavy (non-hydrogen) atoms. The molecule has 1 N–H and O–H groups in total. The van der Waals surface area contributed by atoms with Crippen LogP contribution in [0.15, 0.2) is 72.6 Å². The summed E-state index contributed by atoms with van der Waals surface area (Å²) in [5.74, 6) is -1.45. The number of aromatic nitrogens is 1. The van der Waals surface area contributed by atoms with Gasteiger partial charge < -0.3 is 10.0 Å². The van der Waals surface area contributed by atoms with Gasteiger partial charge in [0.25, 0.3) is 11.7 Å². The molecule has 3 aromatic rings. The zero-order chi connectivity index (χ0) is 22.9. The molecule has 5 rings (SSSR count). The van der Waals surface area contributed by atoms with Crippen LogP contribution in [0.3, 0.4) is 0 Å². The van der Waals surface area contributed by atoms with Crippen molar-refractivity contribution >= 4 is 29.1 Å². The van der Waals surface area contributed by atoms with Crippen molar-refractivity contribution in [3.05, 3.63) is 105 Å². The minimum Gasteiger partial charge on any atom is -0.507 e. The molecule has 2 aromatic carbocycles. The molecule has 1 aromatic heterocycles. The first-order chi connectivity index (χ1) is 16.0. The van der Waals surface area contributed by atoms with E-state index < -0.39 is 17.7 Å². The number of hydrogen-bond acceptors (Lipinski definition) is 4. The highest BCUT2D eigenvalue weighted by Crippen LogP contribution is 2.41. The standard InChI is InChI=1S/C27H23ClN2O3/c28-22-9-7-19(8-10-22)24-23(25(31)21-6-5-18-3-1-2-4-20(18)15-21)26(32)27(33)30(24)16-17-11-13-29-14-12-17/h5-15,24,31H,1-4,16H2/b25-23-. The Kier molecular flexibility index (Phi) is 5.73. The lowest BCUT2D eigenvalue weighted by atomic mass is 9.88. The minimum atomic E-state index is -0.716. The third kappa shape index (κ3) is 4.05. The fourth-order valence-electron chi connectivity index (χ4n) is 4.76. The van der Waals surface area contributed by atoms with Crippen LogP contribution in [0.2, 0.25) is 5.02 Å². The number of benzene rings is 2. The van der Waals surface area contributed by atoms with Crippen molar-refractivity contribution < 1.29 is 14.7 Å². The second kappa shape index (κ2) is 8.83. The van der Waals surface area contributed by atoms with E-state index in [1.54, 1.807) is 36.7 Å². The summed E-state index contributed by atoms with van der Waals surface area (Å²) >= 11 is 6.09. The summed E-state index contributed by atoms with van der Waals surface area (Å²) in [5, 5.41) is 11.9. The van der Waals surface area contributed by atoms with Crippen LogP contribution in [0.1, 0.15) is 46.7 Å². The molecule has 1 atom stereocenters. The van der Waals surface area contributed by atoms with Crippen LogP contribution >= 0.6 is 11.6 Å². The number of likely N-dealkylation sites (tertiary alicyclic amines) is 1. The van der Waals surface area contributed by atoms with Gasteiger partial charge in [0.05, 0.1) is 11.6 Å². The number of hydrogen-bond donors (Lipinski definition) is 1. The van der Waals surface area contributed by atoms with Crippen molar-refractivity contribution in [2.45, 2.75) is 38.3 Å². The quantitative estimate of drug-likeness (QED) is 0.330. The second-order valence-corrected chi connectivity index (χ2v) is 8.96. The van der Waals surface area contributed by atoms with Crippen LogP contribution in [-0.2, 0) is 29.0 Å². The van der Waals surface area contributed by atoms with Crippen LogP contribution in [0.25, 0.3) is 5.76 Å². The summed E-state index contributed by atoms with van der Waals surface area (Å²) in [6.45, 7) is 0.224. The number of aryl methyl sites for hydroxylation is 2. The topological polar surface area (TPSA) is 70.5 Å². The predicted octanol–water partition coefficient (Wildman–Crippen LogP) is 5.24. The third-order valence-electron chi connectivity index (χ3n) is 6.45. The Balaban J connectivity index is 1.63. The SMILES string of the molecule is O=C1C(=O)N(Cc2ccncc2)C(c2ccc(Cl)cc2)/C1=C(/O)c1ccc2c(c1)CCCC2. The first-order valence-corrected chi connectivity index (χ1v) is 11.5. The van der Waals surface area contributed by atoms with Gasteiger partial charge in [0.15, 0.2) is 0 Å². The molecule has 0 spiro atoms. The lowest BCUT2D eigenvalue weighted by molar-refractivity contribution is -0.140. The Bertz CT molecular complexity index is 1250. The van der Waals surface area contributed by atoms with Crippen LogP contribution in [-0.4, -0.2) is 26.7 Å². The molecular weight excluding hydrogens is 436 g/mol. The summed E-state index contributed by atoms with van der Waals surface area (Å²) in [6.07, 6.45) is 7.55. The number of carbonyl (C=O) groups excluding carboxylic acids is 2. The molecule has 2 aliphatic rings. The van der Waals surface area contributed by atoms with Gasteiger partial charge in [0, 0.05) is 29.5 Å². The number of pyridine rings is 1. The van der Waals surface area contributed by atoms with Crippen molar-refractivity contribution in [3.63, 3.8) is 0 Å². The average Bonchev–Trinajstić information content (AvgIpc) is 3.09. The fourth-order valence-corrected chi connectivity index (χ4v) is 4.88. The van der Waals surface area contributed by atoms with Crippen LogP contribution in [0.5, 0.6) is 0 Å². The number of ketones is 1. The monoisotopic (exact) mass is 458 g/mol. The number of fused-ring (bicyclic) bond motifs is 1. The van der Waals surface area contributed by atoms with Gasteiger partial charge >= 0.3 is 0 Å². The smallest absolute Gasteiger partial charge is 0.295 e. The molecule has 0 bridgehead atoms. The average molecular weight is 459 g/mol. The Labute approximate surface area is 197 Å². The summed E-state index contributed by atoms with van der Waals surface area (Å²) in [4.78, 5) is 31.9. The largest absolute Gasteiger partial charge is 0.507 e. The fraction of sp³-hybridized carbons (Fsp3) is 0.222. The number of aliphatic hydroxyl groups is 1. The van der Waals surface area contributed by atoms with Crippen LogP contribution in [0.4, 0.5) is 0 Å². The van der Waals surface area contributed by atoms with Crippen molar-refractivity contribution in [1.82, 2.24) is 9.88 Å². The molecule has 5 nitrogen and oxygen atoms in total. The van der Waals surface area contributed by atoms with Gasteiger partial charge in [-0.3, -0.25) is 14.6 Å². The molecule has 1 saturated heterocycles. The molecule has 166 valence electrons.